The molecule has 1 aliphatic heterocycles. The van der Waals surface area contributed by atoms with Crippen LogP contribution in [0.25, 0.3) is 33.6 Å². The van der Waals surface area contributed by atoms with Gasteiger partial charge in [0.25, 0.3) is 0 Å². The van der Waals surface area contributed by atoms with Crippen LogP contribution in [0, 0.1) is 0 Å². The zero-order valence-corrected chi connectivity index (χ0v) is 28.3. The number of nitrogens with one attached hydrogen (secondary N) is 3. The molecule has 1 saturated carbocycles. The number of hydrogen-bond acceptors (Lipinski definition) is 10. The van der Waals surface area contributed by atoms with Crippen molar-refractivity contribution < 1.29 is 27.8 Å². The molecule has 3 N–H and O–H groups in total. The maximum absolute atomic E-state index is 12.4. The Balaban J connectivity index is 1.18. The Morgan fingerprint density at radius 1 is 0.878 bits per heavy atom. The molecule has 258 valence electrons. The lowest BCUT2D eigenvalue weighted by atomic mass is 9.89. The summed E-state index contributed by atoms with van der Waals surface area (Å²) in [5.74, 6) is 0.759. The number of ether oxygens (including phenoxy) is 3. The number of rotatable bonds is 14. The quantitative estimate of drug-likeness (QED) is 0.147. The molecule has 2 fully saturated rings. The molecule has 2 aliphatic rings. The van der Waals surface area contributed by atoms with Crippen LogP contribution in [-0.2, 0) is 22.6 Å². The molecule has 1 atom stereocenters. The number of carbonyl (C=O) groups is 1. The molecule has 4 aromatic rings. The average Bonchev–Trinajstić information content (AvgIpc) is 3.50. The maximum atomic E-state index is 12.4. The second-order valence-electron chi connectivity index (χ2n) is 11.8. The summed E-state index contributed by atoms with van der Waals surface area (Å²) >= 11 is 14.0. The number of aromatic nitrogens is 4. The summed E-state index contributed by atoms with van der Waals surface area (Å²) in [6.45, 7) is -1.37. The molecular formula is C34H35Cl2F2N7O4. The summed E-state index contributed by atoms with van der Waals surface area (Å²) in [4.78, 5) is 30.0. The van der Waals surface area contributed by atoms with Gasteiger partial charge in [-0.3, -0.25) is 14.8 Å². The second kappa shape index (κ2) is 15.7. The highest BCUT2D eigenvalue weighted by Crippen LogP contribution is 2.42. The van der Waals surface area contributed by atoms with Crippen molar-refractivity contribution in [2.24, 2.45) is 0 Å². The average molecular weight is 715 g/mol. The largest absolute Gasteiger partial charge is 0.480 e. The van der Waals surface area contributed by atoms with Crippen molar-refractivity contribution in [3.63, 3.8) is 0 Å². The number of hydrogen-bond donors (Lipinski definition) is 3. The zero-order valence-electron chi connectivity index (χ0n) is 26.8. The number of methoxy groups -OCH3 is 2. The van der Waals surface area contributed by atoms with E-state index >= 15 is 0 Å². The van der Waals surface area contributed by atoms with Crippen LogP contribution >= 0.6 is 23.2 Å². The third-order valence-corrected chi connectivity index (χ3v) is 9.38. The Labute approximate surface area is 292 Å². The molecule has 3 heterocycles. The van der Waals surface area contributed by atoms with Gasteiger partial charge in [-0.15, -0.1) is 0 Å². The van der Waals surface area contributed by atoms with Crippen LogP contribution in [0.15, 0.2) is 48.8 Å². The number of benzene rings is 2. The second-order valence-corrected chi connectivity index (χ2v) is 12.5. The van der Waals surface area contributed by atoms with E-state index in [0.29, 0.717) is 106 Å². The molecule has 1 aliphatic carbocycles. The molecule has 0 bridgehead atoms. The fourth-order valence-corrected chi connectivity index (χ4v) is 6.57. The number of halogens is 4. The summed E-state index contributed by atoms with van der Waals surface area (Å²) < 4.78 is 40.5. The molecule has 0 spiro atoms. The minimum absolute atomic E-state index is 0.0432. The van der Waals surface area contributed by atoms with Gasteiger partial charge >= 0.3 is 6.61 Å². The number of alkyl halides is 2. The van der Waals surface area contributed by atoms with Gasteiger partial charge in [0, 0.05) is 60.4 Å². The predicted molar refractivity (Wildman–Crippen MR) is 181 cm³/mol. The van der Waals surface area contributed by atoms with E-state index in [9.17, 15) is 13.6 Å². The number of amides is 1. The lowest BCUT2D eigenvalue weighted by molar-refractivity contribution is -0.185. The minimum Gasteiger partial charge on any atom is -0.480 e. The van der Waals surface area contributed by atoms with Crippen LogP contribution in [-0.4, -0.2) is 71.4 Å². The number of carbonyl (C=O) groups excluding carboxylic acids is 1. The lowest BCUT2D eigenvalue weighted by Gasteiger charge is -2.35. The molecule has 0 unspecified atom stereocenters. The first-order valence-corrected chi connectivity index (χ1v) is 16.5. The first-order chi connectivity index (χ1) is 23.7. The molecular weight excluding hydrogens is 679 g/mol. The van der Waals surface area contributed by atoms with Crippen LogP contribution in [0.3, 0.4) is 0 Å². The minimum atomic E-state index is -2.76. The molecule has 0 radical (unpaired) electrons. The summed E-state index contributed by atoms with van der Waals surface area (Å²) in [5.41, 5.74) is 4.89. The van der Waals surface area contributed by atoms with Crippen molar-refractivity contribution in [2.45, 2.75) is 63.6 Å². The van der Waals surface area contributed by atoms with Crippen LogP contribution in [0.5, 0.6) is 11.8 Å². The molecule has 6 rings (SSSR count). The van der Waals surface area contributed by atoms with Crippen LogP contribution in [0.1, 0.15) is 37.1 Å². The van der Waals surface area contributed by atoms with Crippen molar-refractivity contribution in [3.05, 3.63) is 70.2 Å². The third-order valence-electron chi connectivity index (χ3n) is 8.57. The Morgan fingerprint density at radius 3 is 1.94 bits per heavy atom. The van der Waals surface area contributed by atoms with Crippen LogP contribution in [0.4, 0.5) is 8.78 Å². The summed E-state index contributed by atoms with van der Waals surface area (Å²) in [5, 5.41) is 10.4. The first kappa shape index (κ1) is 34.8. The third kappa shape index (κ3) is 8.08. The number of nitrogens with zero attached hydrogens (tertiary/aromatic N) is 4. The molecule has 2 aromatic heterocycles. The SMILES string of the molecule is COc1nc(-c2cccc(-c3cccc(-c4cnc(CN[C@H]5C[C@@H](OC(F)F)C5)c(OC)n4)c3Cl)c2Cl)cnc1CNC[C@@H]1CCC(=O)N1. The Hall–Kier alpha value is -4.01. The lowest BCUT2D eigenvalue weighted by Crippen LogP contribution is -2.45. The van der Waals surface area contributed by atoms with E-state index in [0.717, 1.165) is 6.42 Å². The summed E-state index contributed by atoms with van der Waals surface area (Å²) in [7, 11) is 3.05. The van der Waals surface area contributed by atoms with Crippen molar-refractivity contribution in [2.75, 3.05) is 20.8 Å². The van der Waals surface area contributed by atoms with Crippen LogP contribution in [0.2, 0.25) is 10.0 Å². The Morgan fingerprint density at radius 2 is 1.43 bits per heavy atom. The van der Waals surface area contributed by atoms with E-state index in [4.69, 9.17) is 37.7 Å². The van der Waals surface area contributed by atoms with Gasteiger partial charge in [-0.2, -0.15) is 8.78 Å². The van der Waals surface area contributed by atoms with Gasteiger partial charge in [-0.05, 0) is 19.3 Å². The standard InChI is InChI=1S/C34H35Cl2F2N7O4/c1-47-32-27(14-39-13-18-9-10-29(46)43-18)41-15-25(44-32)23-7-3-5-21(30(23)35)22-6-4-8-24(31(22)36)26-16-42-28(33(45-26)48-2)17-40-19-11-20(12-19)49-34(37)38/h3-8,15-16,18-20,34,39-40H,9-14,17H2,1-2H3,(H,43,46)/t18-,19-,20+/m0/s1. The highest BCUT2D eigenvalue weighted by Gasteiger charge is 2.32. The molecule has 11 nitrogen and oxygen atoms in total. The van der Waals surface area contributed by atoms with Crippen molar-refractivity contribution in [1.29, 1.82) is 0 Å². The fraction of sp³-hybridized carbons (Fsp3) is 0.382. The van der Waals surface area contributed by atoms with E-state index in [2.05, 4.69) is 35.6 Å². The molecule has 15 heteroatoms. The topological polar surface area (TPSA) is 132 Å². The Bertz CT molecular complexity index is 1810. The van der Waals surface area contributed by atoms with Crippen molar-refractivity contribution in [1.82, 2.24) is 35.9 Å². The molecule has 2 aromatic carbocycles. The van der Waals surface area contributed by atoms with Gasteiger partial charge in [0.1, 0.15) is 11.4 Å². The molecule has 49 heavy (non-hydrogen) atoms. The summed E-state index contributed by atoms with van der Waals surface area (Å²) in [6, 6.07) is 11.3. The van der Waals surface area contributed by atoms with Crippen LogP contribution < -0.4 is 25.4 Å². The van der Waals surface area contributed by atoms with Gasteiger partial charge in [0.15, 0.2) is 0 Å². The van der Waals surface area contributed by atoms with Gasteiger partial charge in [-0.25, -0.2) is 9.97 Å². The summed E-state index contributed by atoms with van der Waals surface area (Å²) in [6.07, 6.45) is 5.16. The molecule has 1 amide bonds. The predicted octanol–water partition coefficient (Wildman–Crippen LogP) is 5.82. The van der Waals surface area contributed by atoms with E-state index in [-0.39, 0.29) is 18.0 Å². The van der Waals surface area contributed by atoms with E-state index < -0.39 is 12.7 Å². The van der Waals surface area contributed by atoms with Gasteiger partial charge in [0.05, 0.1) is 54.2 Å². The zero-order chi connectivity index (χ0) is 34.5. The highest BCUT2D eigenvalue weighted by atomic mass is 35.5. The fourth-order valence-electron chi connectivity index (χ4n) is 5.92. The first-order valence-electron chi connectivity index (χ1n) is 15.8. The smallest absolute Gasteiger partial charge is 0.345 e. The van der Waals surface area contributed by atoms with Crippen molar-refractivity contribution >= 4 is 29.1 Å². The van der Waals surface area contributed by atoms with E-state index in [1.807, 2.05) is 36.4 Å². The van der Waals surface area contributed by atoms with Gasteiger partial charge < -0.3 is 30.2 Å². The van der Waals surface area contributed by atoms with Gasteiger partial charge in [-0.1, -0.05) is 59.6 Å². The maximum Gasteiger partial charge on any atom is 0.345 e. The van der Waals surface area contributed by atoms with E-state index in [1.165, 1.54) is 14.2 Å². The highest BCUT2D eigenvalue weighted by molar-refractivity contribution is 6.39. The van der Waals surface area contributed by atoms with Gasteiger partial charge in [0.2, 0.25) is 17.7 Å². The molecule has 1 saturated heterocycles. The van der Waals surface area contributed by atoms with E-state index in [1.54, 1.807) is 12.4 Å². The Kier molecular flexibility index (Phi) is 11.2. The monoisotopic (exact) mass is 713 g/mol. The normalized spacial score (nSPS) is 18.8. The van der Waals surface area contributed by atoms with Crippen molar-refractivity contribution in [3.8, 4) is 45.4 Å².